The van der Waals surface area contributed by atoms with E-state index in [1.807, 2.05) is 31.4 Å². The first kappa shape index (κ1) is 21.3. The molecule has 0 unspecified atom stereocenters. The van der Waals surface area contributed by atoms with E-state index in [0.29, 0.717) is 16.8 Å². The van der Waals surface area contributed by atoms with Crippen LogP contribution in [0.3, 0.4) is 0 Å². The van der Waals surface area contributed by atoms with Gasteiger partial charge in [-0.3, -0.25) is 14.4 Å². The highest BCUT2D eigenvalue weighted by Gasteiger charge is 2.16. The van der Waals surface area contributed by atoms with Crippen molar-refractivity contribution in [3.8, 4) is 0 Å². The summed E-state index contributed by atoms with van der Waals surface area (Å²) in [5.74, 6) is -1.53. The third kappa shape index (κ3) is 5.15. The second kappa shape index (κ2) is 9.41. The summed E-state index contributed by atoms with van der Waals surface area (Å²) in [5.41, 5.74) is 3.49. The predicted octanol–water partition coefficient (Wildman–Crippen LogP) is 3.67. The van der Waals surface area contributed by atoms with Crippen LogP contribution in [0.25, 0.3) is 0 Å². The molecule has 0 aliphatic rings. The molecule has 0 saturated carbocycles. The average molecular weight is 426 g/mol. The number of aromatic nitrogens is 1. The van der Waals surface area contributed by atoms with E-state index >= 15 is 0 Å². The van der Waals surface area contributed by atoms with Gasteiger partial charge in [0.2, 0.25) is 0 Å². The maximum absolute atomic E-state index is 12.8. The van der Waals surface area contributed by atoms with Crippen molar-refractivity contribution >= 4 is 34.8 Å². The number of carbonyl (C=O) groups is 3. The fourth-order valence-corrected chi connectivity index (χ4v) is 3.81. The van der Waals surface area contributed by atoms with E-state index in [1.54, 1.807) is 35.6 Å². The number of amides is 2. The van der Waals surface area contributed by atoms with E-state index in [0.717, 1.165) is 17.9 Å². The minimum atomic E-state index is -0.969. The first-order valence-electron chi connectivity index (χ1n) is 9.45. The molecule has 0 aliphatic carbocycles. The number of carboxylic acid groups (broad SMARTS) is 1. The summed E-state index contributed by atoms with van der Waals surface area (Å²) in [6.07, 6.45) is -0.134. The molecule has 3 rings (SSSR count). The average Bonchev–Trinajstić information content (AvgIpc) is 3.32. The summed E-state index contributed by atoms with van der Waals surface area (Å²) < 4.78 is 2.12. The molecule has 156 valence electrons. The zero-order valence-corrected chi connectivity index (χ0v) is 17.6. The zero-order chi connectivity index (χ0) is 21.7. The van der Waals surface area contributed by atoms with E-state index < -0.39 is 5.97 Å². The van der Waals surface area contributed by atoms with Gasteiger partial charge in [-0.2, -0.15) is 0 Å². The van der Waals surface area contributed by atoms with Crippen LogP contribution in [0, 0.1) is 13.8 Å². The number of nitrogens with zero attached hydrogens (tertiary/aromatic N) is 1. The SMILES string of the molecule is Cc1cc(C(=O)Nc2ccc(C(=O)NCCC(=O)O)cc2)c(C)n1Cc1cccs1. The number of benzene rings is 1. The largest absolute Gasteiger partial charge is 0.481 e. The molecule has 0 bridgehead atoms. The molecule has 0 fully saturated rings. The van der Waals surface area contributed by atoms with Gasteiger partial charge in [0, 0.05) is 34.1 Å². The van der Waals surface area contributed by atoms with Crippen LogP contribution in [0.4, 0.5) is 5.69 Å². The first-order valence-corrected chi connectivity index (χ1v) is 10.3. The number of nitrogens with one attached hydrogen (secondary N) is 2. The smallest absolute Gasteiger partial charge is 0.305 e. The van der Waals surface area contributed by atoms with Crippen molar-refractivity contribution in [1.29, 1.82) is 0 Å². The summed E-state index contributed by atoms with van der Waals surface area (Å²) in [6.45, 7) is 4.71. The summed E-state index contributed by atoms with van der Waals surface area (Å²) >= 11 is 1.68. The van der Waals surface area contributed by atoms with Crippen molar-refractivity contribution < 1.29 is 19.5 Å². The number of anilines is 1. The van der Waals surface area contributed by atoms with Gasteiger partial charge in [-0.1, -0.05) is 6.07 Å². The third-order valence-electron chi connectivity index (χ3n) is 4.74. The van der Waals surface area contributed by atoms with Gasteiger partial charge in [-0.15, -0.1) is 11.3 Å². The quantitative estimate of drug-likeness (QED) is 0.513. The number of aliphatic carboxylic acids is 1. The van der Waals surface area contributed by atoms with Crippen molar-refractivity contribution in [3.05, 3.63) is 75.2 Å². The maximum Gasteiger partial charge on any atom is 0.305 e. The molecule has 30 heavy (non-hydrogen) atoms. The molecule has 0 atom stereocenters. The Balaban J connectivity index is 1.65. The molecule has 0 radical (unpaired) electrons. The van der Waals surface area contributed by atoms with Gasteiger partial charge in [-0.25, -0.2) is 0 Å². The van der Waals surface area contributed by atoms with Crippen molar-refractivity contribution in [2.75, 3.05) is 11.9 Å². The number of carbonyl (C=O) groups excluding carboxylic acids is 2. The molecule has 3 N–H and O–H groups in total. The normalized spacial score (nSPS) is 10.6. The number of carboxylic acids is 1. The van der Waals surface area contributed by atoms with Crippen LogP contribution in [0.5, 0.6) is 0 Å². The number of rotatable bonds is 8. The lowest BCUT2D eigenvalue weighted by atomic mass is 10.1. The summed E-state index contributed by atoms with van der Waals surface area (Å²) in [6, 6.07) is 12.4. The van der Waals surface area contributed by atoms with Crippen molar-refractivity contribution in [2.45, 2.75) is 26.8 Å². The van der Waals surface area contributed by atoms with Gasteiger partial charge < -0.3 is 20.3 Å². The fraction of sp³-hybridized carbons (Fsp3) is 0.227. The second-order valence-corrected chi connectivity index (χ2v) is 7.91. The number of hydrogen-bond acceptors (Lipinski definition) is 4. The molecule has 1 aromatic carbocycles. The van der Waals surface area contributed by atoms with Crippen molar-refractivity contribution in [1.82, 2.24) is 9.88 Å². The molecule has 0 spiro atoms. The number of hydrogen-bond donors (Lipinski definition) is 3. The van der Waals surface area contributed by atoms with E-state index in [4.69, 9.17) is 5.11 Å². The van der Waals surface area contributed by atoms with E-state index in [-0.39, 0.29) is 24.8 Å². The number of aryl methyl sites for hydroxylation is 1. The van der Waals surface area contributed by atoms with Gasteiger partial charge in [0.05, 0.1) is 18.5 Å². The predicted molar refractivity (Wildman–Crippen MR) is 116 cm³/mol. The highest BCUT2D eigenvalue weighted by Crippen LogP contribution is 2.20. The Hall–Kier alpha value is -3.39. The molecule has 0 saturated heterocycles. The maximum atomic E-state index is 12.8. The summed E-state index contributed by atoms with van der Waals surface area (Å²) in [4.78, 5) is 36.5. The molecular weight excluding hydrogens is 402 g/mol. The van der Waals surface area contributed by atoms with Crippen molar-refractivity contribution in [2.24, 2.45) is 0 Å². The molecule has 2 heterocycles. The lowest BCUT2D eigenvalue weighted by Crippen LogP contribution is -2.25. The van der Waals surface area contributed by atoms with Crippen LogP contribution in [0.2, 0.25) is 0 Å². The Morgan fingerprint density at radius 2 is 1.80 bits per heavy atom. The Morgan fingerprint density at radius 3 is 2.43 bits per heavy atom. The molecule has 3 aromatic rings. The molecule has 2 amide bonds. The van der Waals surface area contributed by atoms with Gasteiger partial charge >= 0.3 is 5.97 Å². The van der Waals surface area contributed by atoms with Crippen LogP contribution < -0.4 is 10.6 Å². The Bertz CT molecular complexity index is 1050. The van der Waals surface area contributed by atoms with Crippen molar-refractivity contribution in [3.63, 3.8) is 0 Å². The highest BCUT2D eigenvalue weighted by atomic mass is 32.1. The molecule has 7 nitrogen and oxygen atoms in total. The fourth-order valence-electron chi connectivity index (χ4n) is 3.12. The summed E-state index contributed by atoms with van der Waals surface area (Å²) in [5, 5.41) is 16.1. The first-order chi connectivity index (χ1) is 14.3. The monoisotopic (exact) mass is 425 g/mol. The molecule has 8 heteroatoms. The van der Waals surface area contributed by atoms with Gasteiger partial charge in [-0.05, 0) is 55.6 Å². The molecule has 2 aromatic heterocycles. The standard InChI is InChI=1S/C22H23N3O4S/c1-14-12-19(15(2)25(14)13-18-4-3-11-30-18)22(29)24-17-7-5-16(6-8-17)21(28)23-10-9-20(26)27/h3-8,11-12H,9-10,13H2,1-2H3,(H,23,28)(H,24,29)(H,26,27). The van der Waals surface area contributed by atoms with E-state index in [9.17, 15) is 14.4 Å². The summed E-state index contributed by atoms with van der Waals surface area (Å²) in [7, 11) is 0. The minimum absolute atomic E-state index is 0.0632. The minimum Gasteiger partial charge on any atom is -0.481 e. The van der Waals surface area contributed by atoms with Crippen LogP contribution >= 0.6 is 11.3 Å². The Labute approximate surface area is 178 Å². The molecular formula is C22H23N3O4S. The lowest BCUT2D eigenvalue weighted by Gasteiger charge is -2.09. The zero-order valence-electron chi connectivity index (χ0n) is 16.8. The van der Waals surface area contributed by atoms with Crippen LogP contribution in [-0.4, -0.2) is 34.0 Å². The number of thiophene rings is 1. The van der Waals surface area contributed by atoms with Crippen LogP contribution in [0.1, 0.15) is 43.4 Å². The van der Waals surface area contributed by atoms with E-state index in [1.165, 1.54) is 4.88 Å². The lowest BCUT2D eigenvalue weighted by molar-refractivity contribution is -0.136. The highest BCUT2D eigenvalue weighted by molar-refractivity contribution is 7.09. The molecule has 0 aliphatic heterocycles. The van der Waals surface area contributed by atoms with Gasteiger partial charge in [0.25, 0.3) is 11.8 Å². The topological polar surface area (TPSA) is 100 Å². The van der Waals surface area contributed by atoms with Crippen LogP contribution in [-0.2, 0) is 11.3 Å². The van der Waals surface area contributed by atoms with E-state index in [2.05, 4.69) is 21.3 Å². The Kier molecular flexibility index (Phi) is 6.68. The van der Waals surface area contributed by atoms with Gasteiger partial charge in [0.1, 0.15) is 0 Å². The second-order valence-electron chi connectivity index (χ2n) is 6.88. The Morgan fingerprint density at radius 1 is 1.07 bits per heavy atom. The van der Waals surface area contributed by atoms with Crippen LogP contribution in [0.15, 0.2) is 47.8 Å². The third-order valence-corrected chi connectivity index (χ3v) is 5.60. The van der Waals surface area contributed by atoms with Gasteiger partial charge in [0.15, 0.2) is 0 Å².